The quantitative estimate of drug-likeness (QED) is 0.541. The number of aryl methyl sites for hydroxylation is 3. The van der Waals surface area contributed by atoms with Crippen LogP contribution in [-0.4, -0.2) is 21.4 Å². The summed E-state index contributed by atoms with van der Waals surface area (Å²) >= 11 is 0. The molecule has 0 spiro atoms. The summed E-state index contributed by atoms with van der Waals surface area (Å²) in [6.45, 7) is 5.10. The van der Waals surface area contributed by atoms with E-state index >= 15 is 0 Å². The van der Waals surface area contributed by atoms with Gasteiger partial charge < -0.3 is 15.2 Å². The van der Waals surface area contributed by atoms with Gasteiger partial charge in [0.15, 0.2) is 0 Å². The summed E-state index contributed by atoms with van der Waals surface area (Å²) < 4.78 is 14.7. The fourth-order valence-corrected chi connectivity index (χ4v) is 5.27. The van der Waals surface area contributed by atoms with Gasteiger partial charge in [-0.2, -0.15) is 5.10 Å². The Hall–Kier alpha value is -2.79. The van der Waals surface area contributed by atoms with E-state index in [1.54, 1.807) is 0 Å². The Morgan fingerprint density at radius 1 is 1.12 bits per heavy atom. The molecule has 1 aliphatic carbocycles. The van der Waals surface area contributed by atoms with Crippen molar-refractivity contribution in [1.82, 2.24) is 9.78 Å². The Labute approximate surface area is 196 Å². The van der Waals surface area contributed by atoms with E-state index < -0.39 is 0 Å². The minimum Gasteiger partial charge on any atom is -0.490 e. The van der Waals surface area contributed by atoms with Crippen LogP contribution < -0.4 is 15.2 Å². The maximum Gasteiger partial charge on any atom is 0.124 e. The van der Waals surface area contributed by atoms with Gasteiger partial charge in [-0.3, -0.25) is 4.68 Å². The predicted molar refractivity (Wildman–Crippen MR) is 131 cm³/mol. The summed E-state index contributed by atoms with van der Waals surface area (Å²) in [5.41, 5.74) is 11.5. The molecule has 0 saturated heterocycles. The molecule has 2 aromatic carbocycles. The van der Waals surface area contributed by atoms with Gasteiger partial charge in [-0.1, -0.05) is 30.3 Å². The standard InChI is InChI=1S/C28H35N3O2/c1-3-31-19-23(20(2)30-31)18-28(29)15-13-24(14-16-28)32-25-10-12-27-22(17-25)9-11-26(33-27)21-7-5-4-6-8-21/h4-8,10,12,17,19,24,26H,3,9,11,13-16,18,29H2,1-2H3. The van der Waals surface area contributed by atoms with Crippen LogP contribution >= 0.6 is 0 Å². The van der Waals surface area contributed by atoms with Crippen LogP contribution in [0.1, 0.15) is 67.5 Å². The van der Waals surface area contributed by atoms with Gasteiger partial charge in [0.2, 0.25) is 0 Å². The number of nitrogens with two attached hydrogens (primary N) is 1. The van der Waals surface area contributed by atoms with Crippen molar-refractivity contribution in [3.8, 4) is 11.5 Å². The van der Waals surface area contributed by atoms with E-state index in [2.05, 4.69) is 67.6 Å². The third kappa shape index (κ3) is 4.93. The van der Waals surface area contributed by atoms with Crippen molar-refractivity contribution >= 4 is 0 Å². The number of ether oxygens (including phenoxy) is 2. The summed E-state index contributed by atoms with van der Waals surface area (Å²) in [6.07, 6.45) is 9.33. The van der Waals surface area contributed by atoms with E-state index in [9.17, 15) is 0 Å². The summed E-state index contributed by atoms with van der Waals surface area (Å²) in [5.74, 6) is 1.93. The van der Waals surface area contributed by atoms with E-state index in [-0.39, 0.29) is 17.7 Å². The first-order valence-electron chi connectivity index (χ1n) is 12.3. The average molecular weight is 446 g/mol. The molecule has 3 aromatic rings. The zero-order valence-electron chi connectivity index (χ0n) is 19.8. The molecule has 0 bridgehead atoms. The number of rotatable bonds is 6. The molecule has 1 saturated carbocycles. The SMILES string of the molecule is CCn1cc(CC2(N)CCC(Oc3ccc4c(c3)CCC(c3ccccc3)O4)CC2)c(C)n1. The van der Waals surface area contributed by atoms with Crippen molar-refractivity contribution in [2.45, 2.75) is 83.1 Å². The molecule has 2 aliphatic rings. The van der Waals surface area contributed by atoms with Gasteiger partial charge in [0.25, 0.3) is 0 Å². The Bertz CT molecular complexity index is 1080. The molecule has 1 atom stereocenters. The Morgan fingerprint density at radius 2 is 1.91 bits per heavy atom. The van der Waals surface area contributed by atoms with E-state index in [1.807, 2.05) is 10.7 Å². The summed E-state index contributed by atoms with van der Waals surface area (Å²) in [5, 5.41) is 4.58. The molecular weight excluding hydrogens is 410 g/mol. The number of nitrogens with zero attached hydrogens (tertiary/aromatic N) is 2. The second-order valence-electron chi connectivity index (χ2n) is 9.78. The smallest absolute Gasteiger partial charge is 0.124 e. The minimum absolute atomic E-state index is 0.134. The summed E-state index contributed by atoms with van der Waals surface area (Å²) in [4.78, 5) is 0. The highest BCUT2D eigenvalue weighted by Gasteiger charge is 2.33. The highest BCUT2D eigenvalue weighted by Crippen LogP contribution is 2.38. The Kier molecular flexibility index (Phi) is 6.15. The van der Waals surface area contributed by atoms with Crippen molar-refractivity contribution in [3.63, 3.8) is 0 Å². The Balaban J connectivity index is 1.17. The molecule has 1 unspecified atom stereocenters. The predicted octanol–water partition coefficient (Wildman–Crippen LogP) is 5.54. The van der Waals surface area contributed by atoms with Crippen LogP contribution in [0.3, 0.4) is 0 Å². The fourth-order valence-electron chi connectivity index (χ4n) is 5.27. The van der Waals surface area contributed by atoms with Gasteiger partial charge in [-0.25, -0.2) is 0 Å². The van der Waals surface area contributed by atoms with Crippen LogP contribution in [0.15, 0.2) is 54.7 Å². The van der Waals surface area contributed by atoms with Crippen molar-refractivity contribution < 1.29 is 9.47 Å². The van der Waals surface area contributed by atoms with Crippen LogP contribution in [-0.2, 0) is 19.4 Å². The molecule has 0 amide bonds. The van der Waals surface area contributed by atoms with Gasteiger partial charge in [0.05, 0.1) is 11.8 Å². The molecule has 1 aliphatic heterocycles. The molecule has 33 heavy (non-hydrogen) atoms. The van der Waals surface area contributed by atoms with Gasteiger partial charge in [-0.15, -0.1) is 0 Å². The lowest BCUT2D eigenvalue weighted by atomic mass is 9.77. The molecule has 5 heteroatoms. The Morgan fingerprint density at radius 3 is 2.64 bits per heavy atom. The number of hydrogen-bond donors (Lipinski definition) is 1. The van der Waals surface area contributed by atoms with Crippen LogP contribution in [0.2, 0.25) is 0 Å². The molecule has 5 nitrogen and oxygen atoms in total. The molecule has 1 fully saturated rings. The molecule has 1 aromatic heterocycles. The normalized spacial score (nSPS) is 24.7. The highest BCUT2D eigenvalue weighted by atomic mass is 16.5. The average Bonchev–Trinajstić information content (AvgIpc) is 3.19. The number of fused-ring (bicyclic) bond motifs is 1. The first-order chi connectivity index (χ1) is 16.0. The largest absolute Gasteiger partial charge is 0.490 e. The molecule has 2 heterocycles. The molecule has 5 rings (SSSR count). The van der Waals surface area contributed by atoms with Gasteiger partial charge in [-0.05, 0) is 93.7 Å². The van der Waals surface area contributed by atoms with Gasteiger partial charge >= 0.3 is 0 Å². The minimum atomic E-state index is -0.164. The van der Waals surface area contributed by atoms with E-state index in [0.717, 1.165) is 68.7 Å². The zero-order chi connectivity index (χ0) is 22.8. The van der Waals surface area contributed by atoms with Crippen LogP contribution in [0.5, 0.6) is 11.5 Å². The van der Waals surface area contributed by atoms with E-state index in [0.29, 0.717) is 0 Å². The number of hydrogen-bond acceptors (Lipinski definition) is 4. The van der Waals surface area contributed by atoms with E-state index in [1.165, 1.54) is 16.7 Å². The lowest BCUT2D eigenvalue weighted by Crippen LogP contribution is -2.47. The first-order valence-corrected chi connectivity index (χ1v) is 12.3. The van der Waals surface area contributed by atoms with Gasteiger partial charge in [0, 0.05) is 18.3 Å². The van der Waals surface area contributed by atoms with Gasteiger partial charge in [0.1, 0.15) is 17.6 Å². The lowest BCUT2D eigenvalue weighted by molar-refractivity contribution is 0.117. The highest BCUT2D eigenvalue weighted by molar-refractivity contribution is 5.42. The number of aromatic nitrogens is 2. The molecule has 174 valence electrons. The third-order valence-corrected chi connectivity index (χ3v) is 7.29. The fraction of sp³-hybridized carbons (Fsp3) is 0.464. The molecule has 0 radical (unpaired) electrons. The lowest BCUT2D eigenvalue weighted by Gasteiger charge is -2.37. The summed E-state index contributed by atoms with van der Waals surface area (Å²) in [6, 6.07) is 16.8. The van der Waals surface area contributed by atoms with Crippen molar-refractivity contribution in [2.75, 3.05) is 0 Å². The molecular formula is C28H35N3O2. The monoisotopic (exact) mass is 445 g/mol. The second kappa shape index (κ2) is 9.22. The number of benzene rings is 2. The molecule has 2 N–H and O–H groups in total. The maximum absolute atomic E-state index is 6.81. The van der Waals surface area contributed by atoms with Crippen LogP contribution in [0, 0.1) is 6.92 Å². The second-order valence-corrected chi connectivity index (χ2v) is 9.78. The first kappa shape index (κ1) is 22.0. The van der Waals surface area contributed by atoms with E-state index in [4.69, 9.17) is 15.2 Å². The maximum atomic E-state index is 6.81. The van der Waals surface area contributed by atoms with Crippen molar-refractivity contribution in [1.29, 1.82) is 0 Å². The summed E-state index contributed by atoms with van der Waals surface area (Å²) in [7, 11) is 0. The zero-order valence-corrected chi connectivity index (χ0v) is 19.8. The van der Waals surface area contributed by atoms with Crippen LogP contribution in [0.25, 0.3) is 0 Å². The van der Waals surface area contributed by atoms with Crippen molar-refractivity contribution in [3.05, 3.63) is 77.1 Å². The topological polar surface area (TPSA) is 62.3 Å². The third-order valence-electron chi connectivity index (χ3n) is 7.29. The van der Waals surface area contributed by atoms with Crippen molar-refractivity contribution in [2.24, 2.45) is 5.73 Å². The van der Waals surface area contributed by atoms with Crippen LogP contribution in [0.4, 0.5) is 0 Å².